The van der Waals surface area contributed by atoms with Gasteiger partial charge < -0.3 is 4.57 Å². The van der Waals surface area contributed by atoms with E-state index in [2.05, 4.69) is 21.7 Å². The number of halogens is 1. The molecule has 3 aromatic rings. The van der Waals surface area contributed by atoms with E-state index in [1.54, 1.807) is 11.8 Å². The van der Waals surface area contributed by atoms with Gasteiger partial charge in [-0.1, -0.05) is 54.2 Å². The van der Waals surface area contributed by atoms with Crippen molar-refractivity contribution in [1.29, 1.82) is 0 Å². The second-order valence-corrected chi connectivity index (χ2v) is 5.71. The summed E-state index contributed by atoms with van der Waals surface area (Å²) in [5.41, 5.74) is 3.34. The summed E-state index contributed by atoms with van der Waals surface area (Å²) in [6.07, 6.45) is 1.89. The molecule has 0 saturated carbocycles. The van der Waals surface area contributed by atoms with Gasteiger partial charge in [0, 0.05) is 12.8 Å². The molecule has 0 bridgehead atoms. The van der Waals surface area contributed by atoms with Gasteiger partial charge in [0.1, 0.15) is 5.82 Å². The van der Waals surface area contributed by atoms with E-state index in [0.717, 1.165) is 27.7 Å². The van der Waals surface area contributed by atoms with Crippen LogP contribution in [0.5, 0.6) is 0 Å². The van der Waals surface area contributed by atoms with Gasteiger partial charge in [-0.05, 0) is 23.3 Å². The summed E-state index contributed by atoms with van der Waals surface area (Å²) < 4.78 is 15.0. The minimum absolute atomic E-state index is 0.202. The van der Waals surface area contributed by atoms with E-state index in [4.69, 9.17) is 0 Å². The van der Waals surface area contributed by atoms with E-state index in [9.17, 15) is 4.39 Å². The number of imidazole rings is 1. The topological polar surface area (TPSA) is 17.8 Å². The number of aromatic nitrogens is 2. The van der Waals surface area contributed by atoms with Crippen molar-refractivity contribution in [2.45, 2.75) is 10.9 Å². The zero-order chi connectivity index (χ0) is 14.7. The summed E-state index contributed by atoms with van der Waals surface area (Å²) in [6, 6.07) is 16.8. The molecule has 0 N–H and O–H groups in total. The Labute approximate surface area is 127 Å². The van der Waals surface area contributed by atoms with E-state index in [1.807, 2.05) is 43.6 Å². The third-order valence-electron chi connectivity index (χ3n) is 3.30. The van der Waals surface area contributed by atoms with E-state index in [-0.39, 0.29) is 5.82 Å². The summed E-state index contributed by atoms with van der Waals surface area (Å²) in [4.78, 5) is 4.48. The van der Waals surface area contributed by atoms with Crippen LogP contribution in [-0.2, 0) is 12.8 Å². The SMILES string of the molecule is Cn1c(-c2ccccc2)cnc1SCc1ccc(F)cc1. The molecular formula is C17H15FN2S. The first-order valence-electron chi connectivity index (χ1n) is 6.68. The average molecular weight is 298 g/mol. The summed E-state index contributed by atoms with van der Waals surface area (Å²) in [5, 5.41) is 0.957. The van der Waals surface area contributed by atoms with E-state index in [0.29, 0.717) is 0 Å². The van der Waals surface area contributed by atoms with Gasteiger partial charge in [-0.15, -0.1) is 0 Å². The summed E-state index contributed by atoms with van der Waals surface area (Å²) >= 11 is 1.65. The molecule has 0 radical (unpaired) electrons. The van der Waals surface area contributed by atoms with Gasteiger partial charge in [0.15, 0.2) is 5.16 Å². The standard InChI is InChI=1S/C17H15FN2S/c1-20-16(14-5-3-2-4-6-14)11-19-17(20)21-12-13-7-9-15(18)10-8-13/h2-11H,12H2,1H3. The normalized spacial score (nSPS) is 10.8. The van der Waals surface area contributed by atoms with Crippen molar-refractivity contribution in [3.8, 4) is 11.3 Å². The molecule has 0 aliphatic heterocycles. The summed E-state index contributed by atoms with van der Waals surface area (Å²) in [5.74, 6) is 0.575. The predicted octanol–water partition coefficient (Wildman–Crippen LogP) is 4.52. The summed E-state index contributed by atoms with van der Waals surface area (Å²) in [6.45, 7) is 0. The van der Waals surface area contributed by atoms with E-state index in [1.165, 1.54) is 12.1 Å². The molecule has 106 valence electrons. The first-order chi connectivity index (χ1) is 10.2. The molecule has 3 rings (SSSR count). The van der Waals surface area contributed by atoms with E-state index >= 15 is 0 Å². The van der Waals surface area contributed by atoms with Crippen LogP contribution in [0.15, 0.2) is 66.0 Å². The first-order valence-corrected chi connectivity index (χ1v) is 7.67. The average Bonchev–Trinajstić information content (AvgIpc) is 2.89. The minimum atomic E-state index is -0.202. The Kier molecular flexibility index (Phi) is 4.06. The molecule has 0 unspecified atom stereocenters. The fraction of sp³-hybridized carbons (Fsp3) is 0.118. The van der Waals surface area contributed by atoms with Crippen molar-refractivity contribution < 1.29 is 4.39 Å². The lowest BCUT2D eigenvalue weighted by Gasteiger charge is -2.06. The molecule has 0 atom stereocenters. The highest BCUT2D eigenvalue weighted by Gasteiger charge is 2.08. The number of hydrogen-bond donors (Lipinski definition) is 0. The number of hydrogen-bond acceptors (Lipinski definition) is 2. The lowest BCUT2D eigenvalue weighted by Crippen LogP contribution is -1.94. The van der Waals surface area contributed by atoms with Crippen LogP contribution >= 0.6 is 11.8 Å². The van der Waals surface area contributed by atoms with Gasteiger partial charge >= 0.3 is 0 Å². The molecule has 0 fully saturated rings. The van der Waals surface area contributed by atoms with Crippen molar-refractivity contribution >= 4 is 11.8 Å². The molecule has 0 aliphatic carbocycles. The van der Waals surface area contributed by atoms with Gasteiger partial charge in [0.25, 0.3) is 0 Å². The van der Waals surface area contributed by atoms with Crippen LogP contribution in [0.25, 0.3) is 11.3 Å². The highest BCUT2D eigenvalue weighted by Crippen LogP contribution is 2.26. The zero-order valence-electron chi connectivity index (χ0n) is 11.7. The molecule has 0 aliphatic rings. The Balaban J connectivity index is 1.75. The fourth-order valence-electron chi connectivity index (χ4n) is 2.13. The third-order valence-corrected chi connectivity index (χ3v) is 4.41. The lowest BCUT2D eigenvalue weighted by molar-refractivity contribution is 0.627. The molecular weight excluding hydrogens is 283 g/mol. The lowest BCUT2D eigenvalue weighted by atomic mass is 10.2. The minimum Gasteiger partial charge on any atom is -0.322 e. The van der Waals surface area contributed by atoms with Crippen LogP contribution in [-0.4, -0.2) is 9.55 Å². The number of nitrogens with zero attached hydrogens (tertiary/aromatic N) is 2. The molecule has 2 aromatic carbocycles. The van der Waals surface area contributed by atoms with Crippen molar-refractivity contribution in [2.24, 2.45) is 7.05 Å². The maximum absolute atomic E-state index is 12.9. The van der Waals surface area contributed by atoms with Crippen molar-refractivity contribution in [2.75, 3.05) is 0 Å². The molecule has 21 heavy (non-hydrogen) atoms. The van der Waals surface area contributed by atoms with E-state index < -0.39 is 0 Å². The zero-order valence-corrected chi connectivity index (χ0v) is 12.5. The van der Waals surface area contributed by atoms with Crippen molar-refractivity contribution in [3.05, 3.63) is 72.2 Å². The predicted molar refractivity (Wildman–Crippen MR) is 84.6 cm³/mol. The van der Waals surface area contributed by atoms with Crippen molar-refractivity contribution in [1.82, 2.24) is 9.55 Å². The molecule has 0 saturated heterocycles. The molecule has 2 nitrogen and oxygen atoms in total. The fourth-order valence-corrected chi connectivity index (χ4v) is 3.04. The van der Waals surface area contributed by atoms with Gasteiger partial charge in [0.2, 0.25) is 0 Å². The number of rotatable bonds is 4. The monoisotopic (exact) mass is 298 g/mol. The third kappa shape index (κ3) is 3.16. The maximum Gasteiger partial charge on any atom is 0.168 e. The quantitative estimate of drug-likeness (QED) is 0.659. The maximum atomic E-state index is 12.9. The van der Waals surface area contributed by atoms with Gasteiger partial charge in [-0.2, -0.15) is 0 Å². The number of benzene rings is 2. The van der Waals surface area contributed by atoms with Crippen LogP contribution in [0.3, 0.4) is 0 Å². The van der Waals surface area contributed by atoms with Gasteiger partial charge in [0.05, 0.1) is 11.9 Å². The molecule has 1 aromatic heterocycles. The van der Waals surface area contributed by atoms with Gasteiger partial charge in [-0.25, -0.2) is 9.37 Å². The highest BCUT2D eigenvalue weighted by atomic mass is 32.2. The Morgan fingerprint density at radius 2 is 1.76 bits per heavy atom. The second-order valence-electron chi connectivity index (χ2n) is 4.77. The van der Waals surface area contributed by atoms with Crippen LogP contribution in [0, 0.1) is 5.82 Å². The molecule has 1 heterocycles. The Bertz CT molecular complexity index is 720. The van der Waals surface area contributed by atoms with Crippen LogP contribution in [0.1, 0.15) is 5.56 Å². The smallest absolute Gasteiger partial charge is 0.168 e. The van der Waals surface area contributed by atoms with Crippen molar-refractivity contribution in [3.63, 3.8) is 0 Å². The summed E-state index contributed by atoms with van der Waals surface area (Å²) in [7, 11) is 2.02. The Morgan fingerprint density at radius 3 is 2.48 bits per heavy atom. The second kappa shape index (κ2) is 6.14. The molecule has 0 spiro atoms. The van der Waals surface area contributed by atoms with Crippen LogP contribution in [0.4, 0.5) is 4.39 Å². The largest absolute Gasteiger partial charge is 0.322 e. The Hall–Kier alpha value is -2.07. The van der Waals surface area contributed by atoms with Gasteiger partial charge in [-0.3, -0.25) is 0 Å². The molecule has 0 amide bonds. The molecule has 4 heteroatoms. The van der Waals surface area contributed by atoms with Crippen LogP contribution in [0.2, 0.25) is 0 Å². The Morgan fingerprint density at radius 1 is 1.05 bits per heavy atom. The highest BCUT2D eigenvalue weighted by molar-refractivity contribution is 7.98. The first kappa shape index (κ1) is 13.9. The van der Waals surface area contributed by atoms with Crippen LogP contribution < -0.4 is 0 Å². The number of thioether (sulfide) groups is 1.